The molecule has 1 aromatic carbocycles. The van der Waals surface area contributed by atoms with Crippen LogP contribution in [-0.4, -0.2) is 12.7 Å². The highest BCUT2D eigenvalue weighted by atomic mass is 16.5. The quantitative estimate of drug-likeness (QED) is 0.848. The van der Waals surface area contributed by atoms with E-state index in [9.17, 15) is 0 Å². The average Bonchev–Trinajstić information content (AvgIpc) is 2.34. The Bertz CT molecular complexity index is 540. The van der Waals surface area contributed by atoms with Crippen LogP contribution in [0.15, 0.2) is 18.2 Å². The molecule has 3 nitrogen and oxygen atoms in total. The Kier molecular flexibility index (Phi) is 3.44. The van der Waals surface area contributed by atoms with E-state index in [2.05, 4.69) is 20.8 Å². The lowest BCUT2D eigenvalue weighted by Crippen LogP contribution is -2.50. The summed E-state index contributed by atoms with van der Waals surface area (Å²) in [4.78, 5) is 0. The van der Waals surface area contributed by atoms with Gasteiger partial charge in [0.1, 0.15) is 17.1 Å². The number of fused-ring (bicyclic) bond motifs is 1. The van der Waals surface area contributed by atoms with Crippen molar-refractivity contribution in [2.75, 3.05) is 7.11 Å². The lowest BCUT2D eigenvalue weighted by molar-refractivity contribution is -0.0571. The minimum absolute atomic E-state index is 0.0563. The van der Waals surface area contributed by atoms with Gasteiger partial charge in [-0.3, -0.25) is 0 Å². The highest BCUT2D eigenvalue weighted by Gasteiger charge is 2.48. The summed E-state index contributed by atoms with van der Waals surface area (Å²) >= 11 is 0. The van der Waals surface area contributed by atoms with Crippen molar-refractivity contribution < 1.29 is 9.47 Å². The smallest absolute Gasteiger partial charge is 0.128 e. The van der Waals surface area contributed by atoms with Crippen LogP contribution in [0, 0.1) is 11.3 Å². The molecule has 1 aliphatic carbocycles. The third kappa shape index (κ3) is 2.76. The molecule has 116 valence electrons. The molecule has 1 fully saturated rings. The van der Waals surface area contributed by atoms with E-state index in [-0.39, 0.29) is 11.6 Å². The van der Waals surface area contributed by atoms with Crippen molar-refractivity contribution >= 4 is 0 Å². The largest absolute Gasteiger partial charge is 0.497 e. The van der Waals surface area contributed by atoms with E-state index in [0.717, 1.165) is 36.3 Å². The maximum atomic E-state index is 6.52. The second kappa shape index (κ2) is 4.91. The molecule has 3 atom stereocenters. The number of nitrogens with two attached hydrogens (primary N) is 1. The zero-order chi connectivity index (χ0) is 15.3. The Morgan fingerprint density at radius 1 is 1.24 bits per heavy atom. The molecule has 3 unspecified atom stereocenters. The summed E-state index contributed by atoms with van der Waals surface area (Å²) < 4.78 is 11.9. The Morgan fingerprint density at radius 3 is 2.67 bits per heavy atom. The second-order valence-corrected chi connectivity index (χ2v) is 7.85. The predicted molar refractivity (Wildman–Crippen MR) is 84.7 cm³/mol. The Labute approximate surface area is 127 Å². The van der Waals surface area contributed by atoms with Crippen LogP contribution in [0.2, 0.25) is 0 Å². The summed E-state index contributed by atoms with van der Waals surface area (Å²) in [5, 5.41) is 0. The molecule has 1 heterocycles. The van der Waals surface area contributed by atoms with Gasteiger partial charge in [0.15, 0.2) is 0 Å². The van der Waals surface area contributed by atoms with E-state index in [4.69, 9.17) is 15.2 Å². The molecule has 1 saturated carbocycles. The highest BCUT2D eigenvalue weighted by Crippen LogP contribution is 2.52. The van der Waals surface area contributed by atoms with Gasteiger partial charge in [-0.15, -0.1) is 0 Å². The van der Waals surface area contributed by atoms with Gasteiger partial charge in [0, 0.05) is 24.1 Å². The Balaban J connectivity index is 1.96. The topological polar surface area (TPSA) is 44.5 Å². The molecule has 0 bridgehead atoms. The first kappa shape index (κ1) is 14.7. The Hall–Kier alpha value is -1.22. The molecule has 0 amide bonds. The molecule has 0 aromatic heterocycles. The van der Waals surface area contributed by atoms with Crippen LogP contribution >= 0.6 is 0 Å². The summed E-state index contributed by atoms with van der Waals surface area (Å²) in [6.45, 7) is 7.03. The second-order valence-electron chi connectivity index (χ2n) is 7.85. The standard InChI is InChI=1S/C18H27NO2/c1-12-8-17(2,3)11-18(9-12)10-15(19)14-6-5-13(20-4)7-16(14)21-18/h5-7,12,15H,8-11,19H2,1-4H3. The van der Waals surface area contributed by atoms with Crippen LogP contribution in [-0.2, 0) is 0 Å². The maximum Gasteiger partial charge on any atom is 0.128 e. The minimum Gasteiger partial charge on any atom is -0.497 e. The van der Waals surface area contributed by atoms with Gasteiger partial charge in [-0.1, -0.05) is 26.8 Å². The van der Waals surface area contributed by atoms with Gasteiger partial charge in [0.25, 0.3) is 0 Å². The first-order valence-electron chi connectivity index (χ1n) is 7.95. The summed E-state index contributed by atoms with van der Waals surface area (Å²) in [5.74, 6) is 2.42. The van der Waals surface area contributed by atoms with E-state index in [0.29, 0.717) is 11.3 Å². The summed E-state index contributed by atoms with van der Waals surface area (Å²) in [5.41, 5.74) is 7.77. The zero-order valence-electron chi connectivity index (χ0n) is 13.6. The SMILES string of the molecule is COc1ccc2c(c1)OC1(CC(C)CC(C)(C)C1)CC2N. The van der Waals surface area contributed by atoms with E-state index in [1.807, 2.05) is 18.2 Å². The van der Waals surface area contributed by atoms with Crippen LogP contribution < -0.4 is 15.2 Å². The van der Waals surface area contributed by atoms with Gasteiger partial charge in [-0.2, -0.15) is 0 Å². The molecule has 2 N–H and O–H groups in total. The summed E-state index contributed by atoms with van der Waals surface area (Å²) in [7, 11) is 1.69. The van der Waals surface area contributed by atoms with Gasteiger partial charge in [0.05, 0.1) is 7.11 Å². The average molecular weight is 289 g/mol. The van der Waals surface area contributed by atoms with Crippen LogP contribution in [0.4, 0.5) is 0 Å². The number of methoxy groups -OCH3 is 1. The lowest BCUT2D eigenvalue weighted by Gasteiger charge is -2.50. The normalized spacial score (nSPS) is 34.1. The van der Waals surface area contributed by atoms with Crippen molar-refractivity contribution in [3.63, 3.8) is 0 Å². The molecule has 1 aliphatic heterocycles. The number of ether oxygens (including phenoxy) is 2. The predicted octanol–water partition coefficient (Wildman–Crippen LogP) is 4.06. The molecule has 0 radical (unpaired) electrons. The van der Waals surface area contributed by atoms with E-state index < -0.39 is 0 Å². The first-order valence-corrected chi connectivity index (χ1v) is 7.95. The fraction of sp³-hybridized carbons (Fsp3) is 0.667. The lowest BCUT2D eigenvalue weighted by atomic mass is 9.63. The number of hydrogen-bond acceptors (Lipinski definition) is 3. The summed E-state index contributed by atoms with van der Waals surface area (Å²) in [6, 6.07) is 6.06. The molecule has 1 spiro atoms. The highest BCUT2D eigenvalue weighted by molar-refractivity contribution is 5.44. The monoisotopic (exact) mass is 289 g/mol. The van der Waals surface area contributed by atoms with Gasteiger partial charge in [-0.05, 0) is 36.7 Å². The van der Waals surface area contributed by atoms with Gasteiger partial charge in [-0.25, -0.2) is 0 Å². The third-order valence-corrected chi connectivity index (χ3v) is 4.96. The molecule has 21 heavy (non-hydrogen) atoms. The number of rotatable bonds is 1. The van der Waals surface area contributed by atoms with Crippen LogP contribution in [0.3, 0.4) is 0 Å². The van der Waals surface area contributed by atoms with Crippen molar-refractivity contribution in [3.8, 4) is 11.5 Å². The van der Waals surface area contributed by atoms with Crippen LogP contribution in [0.5, 0.6) is 11.5 Å². The van der Waals surface area contributed by atoms with E-state index in [1.165, 1.54) is 6.42 Å². The number of hydrogen-bond donors (Lipinski definition) is 1. The van der Waals surface area contributed by atoms with Crippen molar-refractivity contribution in [2.45, 2.75) is 58.1 Å². The zero-order valence-corrected chi connectivity index (χ0v) is 13.6. The molecule has 3 rings (SSSR count). The van der Waals surface area contributed by atoms with E-state index >= 15 is 0 Å². The van der Waals surface area contributed by atoms with Gasteiger partial charge >= 0.3 is 0 Å². The Morgan fingerprint density at radius 2 is 2.00 bits per heavy atom. The minimum atomic E-state index is -0.111. The van der Waals surface area contributed by atoms with Crippen molar-refractivity contribution in [3.05, 3.63) is 23.8 Å². The van der Waals surface area contributed by atoms with Crippen molar-refractivity contribution in [1.82, 2.24) is 0 Å². The first-order chi connectivity index (χ1) is 9.82. The van der Waals surface area contributed by atoms with Gasteiger partial charge in [0.2, 0.25) is 0 Å². The van der Waals surface area contributed by atoms with Crippen LogP contribution in [0.25, 0.3) is 0 Å². The van der Waals surface area contributed by atoms with Crippen molar-refractivity contribution in [2.24, 2.45) is 17.1 Å². The molecular formula is C18H27NO2. The van der Waals surface area contributed by atoms with Crippen molar-refractivity contribution in [1.29, 1.82) is 0 Å². The van der Waals surface area contributed by atoms with Gasteiger partial charge < -0.3 is 15.2 Å². The van der Waals surface area contributed by atoms with E-state index in [1.54, 1.807) is 7.11 Å². The molecular weight excluding hydrogens is 262 g/mol. The summed E-state index contributed by atoms with van der Waals surface area (Å²) in [6.07, 6.45) is 4.36. The fourth-order valence-electron chi connectivity index (χ4n) is 4.72. The fourth-order valence-corrected chi connectivity index (χ4v) is 4.72. The molecule has 0 saturated heterocycles. The third-order valence-electron chi connectivity index (χ3n) is 4.96. The molecule has 2 aliphatic rings. The number of benzene rings is 1. The van der Waals surface area contributed by atoms with Crippen LogP contribution in [0.1, 0.15) is 58.1 Å². The maximum absolute atomic E-state index is 6.52. The molecule has 1 aromatic rings. The molecule has 3 heteroatoms.